The summed E-state index contributed by atoms with van der Waals surface area (Å²) < 4.78 is 18.1. The number of nitrogens with zero attached hydrogens (tertiary/aromatic N) is 1. The zero-order valence-corrected chi connectivity index (χ0v) is 8.00. The van der Waals surface area contributed by atoms with E-state index >= 15 is 0 Å². The van der Waals surface area contributed by atoms with E-state index in [1.807, 2.05) is 6.07 Å². The van der Waals surface area contributed by atoms with Crippen molar-refractivity contribution in [2.75, 3.05) is 26.3 Å². The maximum atomic E-state index is 12.8. The van der Waals surface area contributed by atoms with Gasteiger partial charge in [-0.2, -0.15) is 0 Å². The van der Waals surface area contributed by atoms with Crippen molar-refractivity contribution in [2.24, 2.45) is 0 Å². The van der Waals surface area contributed by atoms with Crippen LogP contribution < -0.4 is 0 Å². The molecule has 0 unspecified atom stereocenters. The summed E-state index contributed by atoms with van der Waals surface area (Å²) in [4.78, 5) is 2.26. The molecule has 1 saturated heterocycles. The monoisotopic (exact) mass is 194 g/mol. The molecule has 3 heteroatoms. The Labute approximate surface area is 83.3 Å². The topological polar surface area (TPSA) is 12.5 Å². The summed E-state index contributed by atoms with van der Waals surface area (Å²) in [6, 6.07) is 7.57. The molecular formula is C11H13FNO. The molecule has 0 spiro atoms. The van der Waals surface area contributed by atoms with Gasteiger partial charge in [-0.1, -0.05) is 12.1 Å². The Hall–Kier alpha value is -0.930. The van der Waals surface area contributed by atoms with Crippen LogP contribution in [0.1, 0.15) is 5.56 Å². The normalized spacial score (nSPS) is 18.4. The fourth-order valence-corrected chi connectivity index (χ4v) is 1.60. The van der Waals surface area contributed by atoms with E-state index in [1.54, 1.807) is 6.07 Å². The molecule has 1 radical (unpaired) electrons. The van der Waals surface area contributed by atoms with Crippen LogP contribution in [0.4, 0.5) is 4.39 Å². The Morgan fingerprint density at radius 3 is 2.93 bits per heavy atom. The molecule has 1 aromatic carbocycles. The van der Waals surface area contributed by atoms with Crippen molar-refractivity contribution in [2.45, 2.75) is 6.54 Å². The van der Waals surface area contributed by atoms with E-state index in [0.29, 0.717) is 0 Å². The van der Waals surface area contributed by atoms with Crippen molar-refractivity contribution in [3.8, 4) is 0 Å². The summed E-state index contributed by atoms with van der Waals surface area (Å²) >= 11 is 0. The maximum Gasteiger partial charge on any atom is 0.131 e. The van der Waals surface area contributed by atoms with Gasteiger partial charge >= 0.3 is 0 Å². The third kappa shape index (κ3) is 2.53. The quantitative estimate of drug-likeness (QED) is 0.706. The minimum absolute atomic E-state index is 0.282. The molecule has 0 saturated carbocycles. The van der Waals surface area contributed by atoms with Crippen LogP contribution >= 0.6 is 0 Å². The molecule has 1 fully saturated rings. The van der Waals surface area contributed by atoms with Gasteiger partial charge in [0.15, 0.2) is 0 Å². The van der Waals surface area contributed by atoms with Gasteiger partial charge in [0.05, 0.1) is 13.2 Å². The van der Waals surface area contributed by atoms with Crippen LogP contribution in [-0.4, -0.2) is 31.2 Å². The van der Waals surface area contributed by atoms with E-state index in [0.717, 1.165) is 38.4 Å². The second-order valence-electron chi connectivity index (χ2n) is 3.43. The van der Waals surface area contributed by atoms with Gasteiger partial charge in [-0.15, -0.1) is 0 Å². The van der Waals surface area contributed by atoms with Gasteiger partial charge in [0.2, 0.25) is 0 Å². The van der Waals surface area contributed by atoms with E-state index in [9.17, 15) is 4.39 Å². The van der Waals surface area contributed by atoms with Crippen molar-refractivity contribution in [3.63, 3.8) is 0 Å². The second-order valence-corrected chi connectivity index (χ2v) is 3.43. The van der Waals surface area contributed by atoms with E-state index in [-0.39, 0.29) is 5.82 Å². The molecule has 14 heavy (non-hydrogen) atoms. The van der Waals surface area contributed by atoms with Gasteiger partial charge in [-0.25, -0.2) is 4.39 Å². The predicted molar refractivity (Wildman–Crippen MR) is 51.3 cm³/mol. The minimum atomic E-state index is -0.282. The lowest BCUT2D eigenvalue weighted by atomic mass is 10.2. The van der Waals surface area contributed by atoms with Gasteiger partial charge in [-0.05, 0) is 11.6 Å². The molecule has 0 N–H and O–H groups in total. The van der Waals surface area contributed by atoms with Gasteiger partial charge in [0.1, 0.15) is 5.82 Å². The molecule has 1 aliphatic heterocycles. The molecule has 0 aromatic heterocycles. The SMILES string of the molecule is Fc1[c]ccc(CN2CCOCC2)c1. The number of hydrogen-bond donors (Lipinski definition) is 0. The smallest absolute Gasteiger partial charge is 0.131 e. The number of rotatable bonds is 2. The van der Waals surface area contributed by atoms with E-state index in [1.165, 1.54) is 6.07 Å². The van der Waals surface area contributed by atoms with Gasteiger partial charge in [0.25, 0.3) is 0 Å². The first-order chi connectivity index (χ1) is 6.84. The molecular weight excluding hydrogens is 181 g/mol. The van der Waals surface area contributed by atoms with Crippen molar-refractivity contribution < 1.29 is 9.13 Å². The standard InChI is InChI=1S/C11H13FNO/c12-11-3-1-2-10(8-11)9-13-4-6-14-7-5-13/h1-2,8H,4-7,9H2. The Morgan fingerprint density at radius 2 is 2.21 bits per heavy atom. The minimum Gasteiger partial charge on any atom is -0.379 e. The van der Waals surface area contributed by atoms with Gasteiger partial charge in [0, 0.05) is 25.7 Å². The summed E-state index contributed by atoms with van der Waals surface area (Å²) in [5.74, 6) is -0.282. The van der Waals surface area contributed by atoms with E-state index in [4.69, 9.17) is 4.74 Å². The molecule has 0 aliphatic carbocycles. The van der Waals surface area contributed by atoms with Gasteiger partial charge < -0.3 is 4.74 Å². The first-order valence-electron chi connectivity index (χ1n) is 4.81. The van der Waals surface area contributed by atoms with Crippen molar-refractivity contribution in [1.29, 1.82) is 0 Å². The lowest BCUT2D eigenvalue weighted by Gasteiger charge is -2.26. The van der Waals surface area contributed by atoms with Crippen molar-refractivity contribution in [1.82, 2.24) is 4.90 Å². The molecule has 0 amide bonds. The van der Waals surface area contributed by atoms with E-state index < -0.39 is 0 Å². The highest BCUT2D eigenvalue weighted by Gasteiger charge is 2.10. The molecule has 0 bridgehead atoms. The number of benzene rings is 1. The zero-order chi connectivity index (χ0) is 9.80. The van der Waals surface area contributed by atoms with Crippen LogP contribution in [-0.2, 0) is 11.3 Å². The number of halogens is 1. The molecule has 2 nitrogen and oxygen atoms in total. The summed E-state index contributed by atoms with van der Waals surface area (Å²) in [6.07, 6.45) is 0. The molecule has 75 valence electrons. The average molecular weight is 194 g/mol. The highest BCUT2D eigenvalue weighted by molar-refractivity contribution is 5.15. The lowest BCUT2D eigenvalue weighted by molar-refractivity contribution is 0.0341. The predicted octanol–water partition coefficient (Wildman–Crippen LogP) is 1.46. The van der Waals surface area contributed by atoms with E-state index in [2.05, 4.69) is 11.0 Å². The maximum absolute atomic E-state index is 12.8. The Balaban J connectivity index is 1.95. The van der Waals surface area contributed by atoms with Crippen molar-refractivity contribution in [3.05, 3.63) is 35.6 Å². The third-order valence-corrected chi connectivity index (χ3v) is 2.34. The first kappa shape index (κ1) is 9.62. The Bertz CT molecular complexity index is 297. The molecule has 1 aliphatic rings. The second kappa shape index (κ2) is 4.53. The zero-order valence-electron chi connectivity index (χ0n) is 8.00. The van der Waals surface area contributed by atoms with Gasteiger partial charge in [-0.3, -0.25) is 4.90 Å². The highest BCUT2D eigenvalue weighted by atomic mass is 19.1. The fourth-order valence-electron chi connectivity index (χ4n) is 1.60. The van der Waals surface area contributed by atoms with Crippen LogP contribution in [0.25, 0.3) is 0 Å². The summed E-state index contributed by atoms with van der Waals surface area (Å²) in [5, 5.41) is 0. The fraction of sp³-hybridized carbons (Fsp3) is 0.455. The largest absolute Gasteiger partial charge is 0.379 e. The molecule has 2 rings (SSSR count). The highest BCUT2D eigenvalue weighted by Crippen LogP contribution is 2.08. The third-order valence-electron chi connectivity index (χ3n) is 2.34. The van der Waals surface area contributed by atoms with Crippen molar-refractivity contribution >= 4 is 0 Å². The van der Waals surface area contributed by atoms with Crippen LogP contribution in [0.5, 0.6) is 0 Å². The van der Waals surface area contributed by atoms with Crippen LogP contribution in [0.2, 0.25) is 0 Å². The lowest BCUT2D eigenvalue weighted by Crippen LogP contribution is -2.35. The Kier molecular flexibility index (Phi) is 3.11. The summed E-state index contributed by atoms with van der Waals surface area (Å²) in [6.45, 7) is 4.22. The number of ether oxygens (including phenoxy) is 1. The summed E-state index contributed by atoms with van der Waals surface area (Å²) in [7, 11) is 0. The number of morpholine rings is 1. The number of hydrogen-bond acceptors (Lipinski definition) is 2. The first-order valence-corrected chi connectivity index (χ1v) is 4.81. The van der Waals surface area contributed by atoms with Crippen LogP contribution in [0.15, 0.2) is 18.2 Å². The van der Waals surface area contributed by atoms with Crippen LogP contribution in [0.3, 0.4) is 0 Å². The Morgan fingerprint density at radius 1 is 1.43 bits per heavy atom. The average Bonchev–Trinajstić information content (AvgIpc) is 2.19. The molecule has 0 atom stereocenters. The van der Waals surface area contributed by atoms with Crippen LogP contribution in [0, 0.1) is 11.9 Å². The summed E-state index contributed by atoms with van der Waals surface area (Å²) in [5.41, 5.74) is 1.00. The molecule has 1 heterocycles. The molecule has 1 aromatic rings.